The number of benzene rings is 2. The van der Waals surface area contributed by atoms with Crippen LogP contribution >= 0.6 is 11.3 Å². The Morgan fingerprint density at radius 2 is 1.86 bits per heavy atom. The number of hydrogen-bond acceptors (Lipinski definition) is 6. The molecule has 4 aromatic rings. The van der Waals surface area contributed by atoms with Gasteiger partial charge in [-0.05, 0) is 42.8 Å². The summed E-state index contributed by atoms with van der Waals surface area (Å²) in [6.45, 7) is 1.96. The molecule has 0 fully saturated rings. The molecule has 8 heteroatoms. The first kappa shape index (κ1) is 18.4. The molecule has 0 radical (unpaired) electrons. The number of rotatable bonds is 5. The fourth-order valence-corrected chi connectivity index (χ4v) is 4.98. The maximum absolute atomic E-state index is 12.4. The lowest BCUT2D eigenvalue weighted by molar-refractivity contribution is 0.0995. The first-order chi connectivity index (χ1) is 13.4. The molecule has 0 spiro atoms. The predicted molar refractivity (Wildman–Crippen MR) is 108 cm³/mol. The quantitative estimate of drug-likeness (QED) is 0.524. The van der Waals surface area contributed by atoms with E-state index in [0.717, 1.165) is 15.8 Å². The Morgan fingerprint density at radius 1 is 1.07 bits per heavy atom. The highest BCUT2D eigenvalue weighted by Gasteiger charge is 2.20. The average molecular weight is 412 g/mol. The van der Waals surface area contributed by atoms with E-state index in [1.807, 2.05) is 25.1 Å². The van der Waals surface area contributed by atoms with Crippen molar-refractivity contribution in [1.29, 1.82) is 0 Å². The molecule has 2 aromatic heterocycles. The van der Waals surface area contributed by atoms with Crippen LogP contribution in [-0.2, 0) is 15.6 Å². The number of aryl methyl sites for hydroxylation is 1. The van der Waals surface area contributed by atoms with Crippen LogP contribution in [0.4, 0.5) is 5.13 Å². The summed E-state index contributed by atoms with van der Waals surface area (Å²) in [6.07, 6.45) is 0. The maximum atomic E-state index is 12.4. The summed E-state index contributed by atoms with van der Waals surface area (Å²) >= 11 is 1.37. The first-order valence-electron chi connectivity index (χ1n) is 8.46. The summed E-state index contributed by atoms with van der Waals surface area (Å²) in [5, 5.41) is 3.17. The second-order valence-electron chi connectivity index (χ2n) is 6.23. The number of carbonyl (C=O) groups is 1. The number of hydrogen-bond donors (Lipinski definition) is 1. The van der Waals surface area contributed by atoms with Crippen molar-refractivity contribution in [3.05, 3.63) is 77.7 Å². The van der Waals surface area contributed by atoms with E-state index >= 15 is 0 Å². The van der Waals surface area contributed by atoms with Gasteiger partial charge in [-0.2, -0.15) is 0 Å². The largest absolute Gasteiger partial charge is 0.455 e. The van der Waals surface area contributed by atoms with Gasteiger partial charge < -0.3 is 4.42 Å². The molecular formula is C20H16N2O4S2. The smallest absolute Gasteiger partial charge is 0.293 e. The molecule has 0 aliphatic heterocycles. The van der Waals surface area contributed by atoms with Gasteiger partial charge in [0.05, 0.1) is 15.1 Å². The van der Waals surface area contributed by atoms with E-state index < -0.39 is 15.7 Å². The number of carbonyl (C=O) groups excluding carboxylic acids is 1. The fourth-order valence-electron chi connectivity index (χ4n) is 2.77. The molecule has 28 heavy (non-hydrogen) atoms. The number of nitrogens with one attached hydrogen (secondary N) is 1. The van der Waals surface area contributed by atoms with Crippen LogP contribution in [0.3, 0.4) is 0 Å². The Morgan fingerprint density at radius 3 is 2.61 bits per heavy atom. The molecular weight excluding hydrogens is 396 g/mol. The lowest BCUT2D eigenvalue weighted by Gasteiger charge is -2.02. The Labute approximate surface area is 165 Å². The van der Waals surface area contributed by atoms with Crippen LogP contribution in [0, 0.1) is 6.92 Å². The molecule has 0 saturated heterocycles. The monoisotopic (exact) mass is 412 g/mol. The average Bonchev–Trinajstić information content (AvgIpc) is 3.29. The third kappa shape index (κ3) is 3.69. The van der Waals surface area contributed by atoms with Crippen molar-refractivity contribution < 1.29 is 17.6 Å². The Balaban J connectivity index is 1.50. The summed E-state index contributed by atoms with van der Waals surface area (Å²) in [4.78, 5) is 17.1. The molecule has 142 valence electrons. The van der Waals surface area contributed by atoms with Gasteiger partial charge in [0.2, 0.25) is 0 Å². The standard InChI is InChI=1S/C20H16N2O4S2/c1-13-6-5-9-17-18(13)21-20(27-17)22-19(23)16-11-10-14(26-16)12-28(24,25)15-7-3-2-4-8-15/h2-11H,12H2,1H3,(H,21,22,23). The number of nitrogens with zero attached hydrogens (tertiary/aromatic N) is 1. The molecule has 0 unspecified atom stereocenters. The van der Waals surface area contributed by atoms with Crippen LogP contribution in [0.1, 0.15) is 21.9 Å². The van der Waals surface area contributed by atoms with E-state index in [0.29, 0.717) is 5.13 Å². The van der Waals surface area contributed by atoms with Crippen molar-refractivity contribution in [2.75, 3.05) is 5.32 Å². The van der Waals surface area contributed by atoms with Crippen molar-refractivity contribution in [2.45, 2.75) is 17.6 Å². The highest BCUT2D eigenvalue weighted by Crippen LogP contribution is 2.28. The van der Waals surface area contributed by atoms with Crippen LogP contribution in [0.2, 0.25) is 0 Å². The number of aromatic nitrogens is 1. The maximum Gasteiger partial charge on any atom is 0.293 e. The molecule has 0 saturated carbocycles. The van der Waals surface area contributed by atoms with E-state index in [1.165, 1.54) is 35.6 Å². The number of fused-ring (bicyclic) bond motifs is 1. The molecule has 2 heterocycles. The summed E-state index contributed by atoms with van der Waals surface area (Å²) < 4.78 is 31.3. The number of anilines is 1. The lowest BCUT2D eigenvalue weighted by atomic mass is 10.2. The predicted octanol–water partition coefficient (Wildman–Crippen LogP) is 4.42. The minimum absolute atomic E-state index is 0.0363. The minimum Gasteiger partial charge on any atom is -0.455 e. The lowest BCUT2D eigenvalue weighted by Crippen LogP contribution is -2.10. The van der Waals surface area contributed by atoms with E-state index in [4.69, 9.17) is 4.42 Å². The van der Waals surface area contributed by atoms with Crippen molar-refractivity contribution in [2.24, 2.45) is 0 Å². The van der Waals surface area contributed by atoms with Gasteiger partial charge in [-0.1, -0.05) is 41.7 Å². The first-order valence-corrected chi connectivity index (χ1v) is 10.9. The molecule has 1 amide bonds. The minimum atomic E-state index is -3.54. The molecule has 0 aliphatic carbocycles. The zero-order chi connectivity index (χ0) is 19.7. The molecule has 4 rings (SSSR count). The van der Waals surface area contributed by atoms with Gasteiger partial charge in [-0.15, -0.1) is 0 Å². The summed E-state index contributed by atoms with van der Waals surface area (Å²) in [7, 11) is -3.54. The van der Waals surface area contributed by atoms with E-state index in [2.05, 4.69) is 10.3 Å². The summed E-state index contributed by atoms with van der Waals surface area (Å²) in [6, 6.07) is 16.9. The highest BCUT2D eigenvalue weighted by molar-refractivity contribution is 7.90. The van der Waals surface area contributed by atoms with Gasteiger partial charge in [-0.25, -0.2) is 13.4 Å². The van der Waals surface area contributed by atoms with Gasteiger partial charge in [0, 0.05) is 0 Å². The summed E-state index contributed by atoms with van der Waals surface area (Å²) in [5.74, 6) is -0.548. The highest BCUT2D eigenvalue weighted by atomic mass is 32.2. The third-order valence-corrected chi connectivity index (χ3v) is 6.75. The van der Waals surface area contributed by atoms with Crippen LogP contribution in [-0.4, -0.2) is 19.3 Å². The van der Waals surface area contributed by atoms with E-state index in [-0.39, 0.29) is 22.2 Å². The van der Waals surface area contributed by atoms with E-state index in [1.54, 1.807) is 18.2 Å². The zero-order valence-corrected chi connectivity index (χ0v) is 16.5. The van der Waals surface area contributed by atoms with Gasteiger partial charge >= 0.3 is 0 Å². The van der Waals surface area contributed by atoms with Crippen molar-refractivity contribution >= 4 is 42.4 Å². The van der Waals surface area contributed by atoms with Crippen LogP contribution < -0.4 is 5.32 Å². The van der Waals surface area contributed by atoms with Crippen molar-refractivity contribution in [1.82, 2.24) is 4.98 Å². The van der Waals surface area contributed by atoms with Gasteiger partial charge in [0.25, 0.3) is 5.91 Å². The Hall–Kier alpha value is -2.97. The number of para-hydroxylation sites is 1. The SMILES string of the molecule is Cc1cccc2sc(NC(=O)c3ccc(CS(=O)(=O)c4ccccc4)o3)nc12. The number of furan rings is 1. The molecule has 6 nitrogen and oxygen atoms in total. The van der Waals surface area contributed by atoms with Crippen LogP contribution in [0.5, 0.6) is 0 Å². The fraction of sp³-hybridized carbons (Fsp3) is 0.100. The van der Waals surface area contributed by atoms with Crippen LogP contribution in [0.15, 0.2) is 70.0 Å². The van der Waals surface area contributed by atoms with Crippen molar-refractivity contribution in [3.8, 4) is 0 Å². The number of amides is 1. The van der Waals surface area contributed by atoms with Crippen LogP contribution in [0.25, 0.3) is 10.2 Å². The number of thiazole rings is 1. The second kappa shape index (κ2) is 7.21. The molecule has 0 bridgehead atoms. The number of sulfone groups is 1. The van der Waals surface area contributed by atoms with Gasteiger partial charge in [0.1, 0.15) is 11.5 Å². The third-order valence-electron chi connectivity index (χ3n) is 4.16. The Kier molecular flexibility index (Phi) is 4.74. The van der Waals surface area contributed by atoms with Crippen molar-refractivity contribution in [3.63, 3.8) is 0 Å². The van der Waals surface area contributed by atoms with E-state index in [9.17, 15) is 13.2 Å². The Bertz CT molecular complexity index is 1260. The van der Waals surface area contributed by atoms with Gasteiger partial charge in [-0.3, -0.25) is 10.1 Å². The topological polar surface area (TPSA) is 89.3 Å². The summed E-state index contributed by atoms with van der Waals surface area (Å²) in [5.41, 5.74) is 1.87. The molecule has 2 aromatic carbocycles. The second-order valence-corrected chi connectivity index (χ2v) is 9.25. The molecule has 0 atom stereocenters. The molecule has 1 N–H and O–H groups in total. The van der Waals surface area contributed by atoms with Gasteiger partial charge in [0.15, 0.2) is 20.7 Å². The zero-order valence-electron chi connectivity index (χ0n) is 14.9. The normalized spacial score (nSPS) is 11.6. The molecule has 0 aliphatic rings.